The molecule has 0 saturated heterocycles. The Kier molecular flexibility index (Phi) is 2.16. The average Bonchev–Trinajstić information content (AvgIpc) is 2.83. The summed E-state index contributed by atoms with van der Waals surface area (Å²) in [6.45, 7) is 0. The molecule has 0 radical (unpaired) electrons. The molecule has 1 N–H and O–H groups in total. The van der Waals surface area contributed by atoms with Gasteiger partial charge in [-0.15, -0.1) is 0 Å². The zero-order valence-electron chi connectivity index (χ0n) is 8.16. The van der Waals surface area contributed by atoms with Gasteiger partial charge in [0.15, 0.2) is 5.76 Å². The molecule has 0 aliphatic heterocycles. The summed E-state index contributed by atoms with van der Waals surface area (Å²) in [6.07, 6.45) is 4.23. The Bertz CT molecular complexity index is 457. The minimum atomic E-state index is 0.689. The van der Waals surface area contributed by atoms with Gasteiger partial charge < -0.3 is 4.42 Å². The Labute approximate surface area is 96.0 Å². The number of rotatable bonds is 3. The van der Waals surface area contributed by atoms with Crippen LogP contribution in [-0.4, -0.2) is 10.2 Å². The normalized spacial score (nSPS) is 15.8. The molecule has 0 atom stereocenters. The van der Waals surface area contributed by atoms with Gasteiger partial charge in [-0.05, 0) is 25.0 Å². The van der Waals surface area contributed by atoms with E-state index >= 15 is 0 Å². The molecule has 1 aliphatic rings. The molecule has 2 aromatic heterocycles. The molecule has 1 saturated carbocycles. The van der Waals surface area contributed by atoms with Crippen molar-refractivity contribution in [3.05, 3.63) is 29.7 Å². The highest BCUT2D eigenvalue weighted by Crippen LogP contribution is 2.43. The van der Waals surface area contributed by atoms with Gasteiger partial charge in [-0.25, -0.2) is 0 Å². The molecule has 2 aromatic rings. The van der Waals surface area contributed by atoms with E-state index in [0.29, 0.717) is 5.92 Å². The second kappa shape index (κ2) is 3.52. The molecule has 0 aromatic carbocycles. The lowest BCUT2D eigenvalue weighted by Crippen LogP contribution is -1.86. The number of aromatic amines is 1. The first-order chi connectivity index (χ1) is 7.40. The Morgan fingerprint density at radius 1 is 1.53 bits per heavy atom. The van der Waals surface area contributed by atoms with Crippen LogP contribution in [0.15, 0.2) is 22.8 Å². The molecule has 0 amide bonds. The van der Waals surface area contributed by atoms with Crippen LogP contribution in [-0.2, 0) is 5.33 Å². The zero-order valence-corrected chi connectivity index (χ0v) is 9.75. The molecule has 0 spiro atoms. The molecule has 3 nitrogen and oxygen atoms in total. The molecule has 0 bridgehead atoms. The lowest BCUT2D eigenvalue weighted by molar-refractivity contribution is 0.579. The molecular weight excluding hydrogens is 256 g/mol. The first kappa shape index (κ1) is 9.21. The van der Waals surface area contributed by atoms with Gasteiger partial charge in [0, 0.05) is 22.5 Å². The number of halogens is 1. The quantitative estimate of drug-likeness (QED) is 0.865. The summed E-state index contributed by atoms with van der Waals surface area (Å²) in [6, 6.07) is 3.83. The highest BCUT2D eigenvalue weighted by molar-refractivity contribution is 9.08. The van der Waals surface area contributed by atoms with Crippen LogP contribution in [0.4, 0.5) is 0 Å². The van der Waals surface area contributed by atoms with E-state index in [4.69, 9.17) is 4.42 Å². The lowest BCUT2D eigenvalue weighted by atomic mass is 10.1. The maximum atomic E-state index is 5.37. The fraction of sp³-hybridized carbons (Fsp3) is 0.364. The van der Waals surface area contributed by atoms with E-state index in [1.807, 2.05) is 12.1 Å². The van der Waals surface area contributed by atoms with Crippen molar-refractivity contribution in [2.75, 3.05) is 0 Å². The van der Waals surface area contributed by atoms with Crippen LogP contribution in [0.3, 0.4) is 0 Å². The second-order valence-corrected chi connectivity index (χ2v) is 4.41. The number of nitrogens with zero attached hydrogens (tertiary/aromatic N) is 1. The molecule has 0 unspecified atom stereocenters. The number of hydrogen-bond acceptors (Lipinski definition) is 2. The topological polar surface area (TPSA) is 41.8 Å². The van der Waals surface area contributed by atoms with Crippen molar-refractivity contribution in [3.63, 3.8) is 0 Å². The summed E-state index contributed by atoms with van der Waals surface area (Å²) in [5.74, 6) is 1.53. The molecule has 4 heteroatoms. The number of hydrogen-bond donors (Lipinski definition) is 1. The lowest BCUT2D eigenvalue weighted by Gasteiger charge is -1.98. The third kappa shape index (κ3) is 1.53. The van der Waals surface area contributed by atoms with Gasteiger partial charge in [0.2, 0.25) is 0 Å². The molecule has 1 aliphatic carbocycles. The summed E-state index contributed by atoms with van der Waals surface area (Å²) >= 11 is 3.52. The van der Waals surface area contributed by atoms with Gasteiger partial charge in [-0.1, -0.05) is 15.9 Å². The van der Waals surface area contributed by atoms with Gasteiger partial charge in [0.05, 0.1) is 6.26 Å². The van der Waals surface area contributed by atoms with Gasteiger partial charge in [-0.2, -0.15) is 5.10 Å². The van der Waals surface area contributed by atoms with E-state index in [-0.39, 0.29) is 0 Å². The number of aromatic nitrogens is 2. The van der Waals surface area contributed by atoms with Crippen LogP contribution in [0.1, 0.15) is 30.0 Å². The van der Waals surface area contributed by atoms with Crippen molar-refractivity contribution in [2.24, 2.45) is 0 Å². The predicted octanol–water partition coefficient (Wildman–Crippen LogP) is 3.44. The Morgan fingerprint density at radius 2 is 2.40 bits per heavy atom. The summed E-state index contributed by atoms with van der Waals surface area (Å²) in [4.78, 5) is 0. The van der Waals surface area contributed by atoms with Crippen LogP contribution in [0.25, 0.3) is 11.5 Å². The van der Waals surface area contributed by atoms with E-state index in [0.717, 1.165) is 16.8 Å². The van der Waals surface area contributed by atoms with Crippen LogP contribution >= 0.6 is 15.9 Å². The minimum Gasteiger partial charge on any atom is -0.463 e. The van der Waals surface area contributed by atoms with Crippen molar-refractivity contribution in [1.29, 1.82) is 0 Å². The van der Waals surface area contributed by atoms with Crippen molar-refractivity contribution >= 4 is 15.9 Å². The van der Waals surface area contributed by atoms with Gasteiger partial charge in [0.1, 0.15) is 5.69 Å². The smallest absolute Gasteiger partial charge is 0.154 e. The maximum Gasteiger partial charge on any atom is 0.154 e. The summed E-state index contributed by atoms with van der Waals surface area (Å²) in [5, 5.41) is 8.30. The summed E-state index contributed by atoms with van der Waals surface area (Å²) in [5.41, 5.74) is 3.46. The fourth-order valence-electron chi connectivity index (χ4n) is 1.84. The highest BCUT2D eigenvalue weighted by Gasteiger charge is 2.29. The maximum absolute atomic E-state index is 5.37. The van der Waals surface area contributed by atoms with E-state index < -0.39 is 0 Å². The minimum absolute atomic E-state index is 0.689. The van der Waals surface area contributed by atoms with E-state index in [1.165, 1.54) is 24.1 Å². The SMILES string of the molecule is BrCc1c(-c2ccco2)n[nH]c1C1CC1. The van der Waals surface area contributed by atoms with E-state index in [9.17, 15) is 0 Å². The molecule has 78 valence electrons. The molecule has 2 heterocycles. The molecule has 3 rings (SSSR count). The molecule has 1 fully saturated rings. The van der Waals surface area contributed by atoms with E-state index in [1.54, 1.807) is 6.26 Å². The highest BCUT2D eigenvalue weighted by atomic mass is 79.9. The van der Waals surface area contributed by atoms with Crippen LogP contribution in [0.2, 0.25) is 0 Å². The third-order valence-corrected chi connectivity index (χ3v) is 3.33. The van der Waals surface area contributed by atoms with Crippen molar-refractivity contribution in [1.82, 2.24) is 10.2 Å². The number of nitrogens with one attached hydrogen (secondary N) is 1. The van der Waals surface area contributed by atoms with Gasteiger partial charge in [-0.3, -0.25) is 5.10 Å². The van der Waals surface area contributed by atoms with E-state index in [2.05, 4.69) is 26.1 Å². The molecule has 15 heavy (non-hydrogen) atoms. The number of alkyl halides is 1. The predicted molar refractivity (Wildman–Crippen MR) is 60.9 cm³/mol. The van der Waals surface area contributed by atoms with Gasteiger partial charge in [0.25, 0.3) is 0 Å². The number of H-pyrrole nitrogens is 1. The third-order valence-electron chi connectivity index (χ3n) is 2.77. The first-order valence-electron chi connectivity index (χ1n) is 5.07. The fourth-order valence-corrected chi connectivity index (χ4v) is 2.41. The van der Waals surface area contributed by atoms with Crippen LogP contribution < -0.4 is 0 Å². The number of furan rings is 1. The Hall–Kier alpha value is -1.03. The van der Waals surface area contributed by atoms with Crippen LogP contribution in [0.5, 0.6) is 0 Å². The van der Waals surface area contributed by atoms with Gasteiger partial charge >= 0.3 is 0 Å². The van der Waals surface area contributed by atoms with Crippen molar-refractivity contribution in [3.8, 4) is 11.5 Å². The molecular formula is C11H11BrN2O. The summed E-state index contributed by atoms with van der Waals surface area (Å²) < 4.78 is 5.37. The largest absolute Gasteiger partial charge is 0.463 e. The van der Waals surface area contributed by atoms with Crippen LogP contribution in [0, 0.1) is 0 Å². The zero-order chi connectivity index (χ0) is 10.3. The first-order valence-corrected chi connectivity index (χ1v) is 6.19. The monoisotopic (exact) mass is 266 g/mol. The Morgan fingerprint density at radius 3 is 3.00 bits per heavy atom. The standard InChI is InChI=1S/C11H11BrN2O/c12-6-8-10(7-3-4-7)13-14-11(8)9-2-1-5-15-9/h1-2,5,7H,3-4,6H2,(H,13,14). The average molecular weight is 267 g/mol. The Balaban J connectivity index is 2.07. The van der Waals surface area contributed by atoms with Crippen molar-refractivity contribution in [2.45, 2.75) is 24.1 Å². The van der Waals surface area contributed by atoms with Crippen molar-refractivity contribution < 1.29 is 4.42 Å². The summed E-state index contributed by atoms with van der Waals surface area (Å²) in [7, 11) is 0. The second-order valence-electron chi connectivity index (χ2n) is 3.85.